The van der Waals surface area contributed by atoms with Gasteiger partial charge in [-0.3, -0.25) is 4.99 Å². The highest BCUT2D eigenvalue weighted by atomic mass is 14.8. The molecule has 1 aliphatic rings. The Morgan fingerprint density at radius 1 is 0.418 bits per heavy atom. The average Bonchev–Trinajstić information content (AvgIpc) is 3.72. The highest BCUT2D eigenvalue weighted by Gasteiger charge is 2.47. The Balaban J connectivity index is 0.000000223. The number of hydrogen-bond acceptors (Lipinski definition) is 4. The fourth-order valence-corrected chi connectivity index (χ4v) is 9.54. The summed E-state index contributed by atoms with van der Waals surface area (Å²) in [4.78, 5) is 14.6. The van der Waals surface area contributed by atoms with Crippen LogP contribution in [0.15, 0.2) is 254 Å². The highest BCUT2D eigenvalue weighted by molar-refractivity contribution is 5.89. The van der Waals surface area contributed by atoms with Crippen molar-refractivity contribution in [2.75, 3.05) is 0 Å². The first-order chi connectivity index (χ1) is 33.1. The van der Waals surface area contributed by atoms with Crippen LogP contribution in [0.3, 0.4) is 0 Å². The van der Waals surface area contributed by atoms with E-state index in [1.807, 2.05) is 36.4 Å². The van der Waals surface area contributed by atoms with Gasteiger partial charge in [0, 0.05) is 22.3 Å². The van der Waals surface area contributed by atoms with Gasteiger partial charge in [-0.2, -0.15) is 0 Å². The number of benzene rings is 8. The first kappa shape index (κ1) is 43.6. The second kappa shape index (κ2) is 20.1. The standard InChI is InChI=1S/C44H32N2.C18H15N.CH3N/c1-45-43(33-19-13-18-32(30-33)41-29-15-28-40(46-41)31-16-5-2-6-17-31)37-25-14-27-39-42(37)36-24-11-12-26-38(36)44(39,34-20-7-3-8-21-34)35-22-9-4-10-23-35;1-14-7-5-10-16(13-14)18-12-6-11-17(19-18)15-8-3-2-4-9-15;1-2/h2-30,43H,1H2;2-13H,1H3;2H,1H2. The van der Waals surface area contributed by atoms with Gasteiger partial charge in [0.25, 0.3) is 0 Å². The highest BCUT2D eigenvalue weighted by Crippen LogP contribution is 2.58. The zero-order chi connectivity index (χ0) is 46.0. The van der Waals surface area contributed by atoms with E-state index in [4.69, 9.17) is 20.4 Å². The molecule has 8 aromatic carbocycles. The second-order valence-electron chi connectivity index (χ2n) is 16.4. The Labute approximate surface area is 394 Å². The van der Waals surface area contributed by atoms with Gasteiger partial charge in [-0.05, 0) is 101 Å². The third-order valence-electron chi connectivity index (χ3n) is 12.4. The minimum atomic E-state index is -0.459. The number of nitrogens with one attached hydrogen (secondary N) is 1. The predicted molar refractivity (Wildman–Crippen MR) is 280 cm³/mol. The van der Waals surface area contributed by atoms with Crippen molar-refractivity contribution in [1.82, 2.24) is 9.97 Å². The lowest BCUT2D eigenvalue weighted by atomic mass is 9.67. The van der Waals surface area contributed by atoms with Crippen LogP contribution in [-0.4, -0.2) is 23.4 Å². The molecule has 1 aliphatic carbocycles. The van der Waals surface area contributed by atoms with E-state index in [1.165, 1.54) is 38.9 Å². The molecule has 11 rings (SSSR count). The lowest BCUT2D eigenvalue weighted by molar-refractivity contribution is 0.766. The monoisotopic (exact) mass is 862 g/mol. The van der Waals surface area contributed by atoms with Crippen LogP contribution >= 0.6 is 0 Å². The van der Waals surface area contributed by atoms with Crippen LogP contribution in [-0.2, 0) is 5.41 Å². The summed E-state index contributed by atoms with van der Waals surface area (Å²) in [5.74, 6) is 0. The van der Waals surface area contributed by atoms with Crippen molar-refractivity contribution in [2.24, 2.45) is 4.99 Å². The molecule has 2 heterocycles. The number of aryl methyl sites for hydroxylation is 1. The van der Waals surface area contributed by atoms with Crippen molar-refractivity contribution in [3.05, 3.63) is 288 Å². The first-order valence-electron chi connectivity index (χ1n) is 22.5. The molecule has 322 valence electrons. The SMILES string of the molecule is C=N.C=NC(c1cccc(-c2cccc(-c3ccccc3)n2)c1)c1cccc2c1-c1ccccc1C2(c1ccccc1)c1ccccc1.Cc1cccc(-c2cccc(-c3ccccc3)n2)c1. The van der Waals surface area contributed by atoms with Gasteiger partial charge in [0.15, 0.2) is 0 Å². The first-order valence-corrected chi connectivity index (χ1v) is 22.5. The molecule has 0 radical (unpaired) electrons. The Morgan fingerprint density at radius 2 is 0.836 bits per heavy atom. The van der Waals surface area contributed by atoms with Crippen molar-refractivity contribution < 1.29 is 0 Å². The lowest BCUT2D eigenvalue weighted by Crippen LogP contribution is -2.28. The summed E-state index contributed by atoms with van der Waals surface area (Å²) in [6.45, 7) is 8.74. The lowest BCUT2D eigenvalue weighted by Gasteiger charge is -2.34. The quantitative estimate of drug-likeness (QED) is 0.147. The summed E-state index contributed by atoms with van der Waals surface area (Å²) in [5, 5.41) is 5.50. The number of hydrogen-bond donors (Lipinski definition) is 1. The topological polar surface area (TPSA) is 62.0 Å². The van der Waals surface area contributed by atoms with E-state index in [-0.39, 0.29) is 6.04 Å². The molecule has 1 atom stereocenters. The summed E-state index contributed by atoms with van der Waals surface area (Å²) in [5.41, 5.74) is 18.9. The number of aliphatic imine (C=N–C) groups is 1. The molecule has 10 aromatic rings. The maximum atomic E-state index is 5.50. The van der Waals surface area contributed by atoms with Gasteiger partial charge in [0.2, 0.25) is 0 Å². The van der Waals surface area contributed by atoms with Crippen molar-refractivity contribution in [2.45, 2.75) is 18.4 Å². The maximum Gasteiger partial charge on any atom is 0.0998 e. The fraction of sp³-hybridized carbons (Fsp3) is 0.0476. The van der Waals surface area contributed by atoms with Crippen molar-refractivity contribution in [3.63, 3.8) is 0 Å². The van der Waals surface area contributed by atoms with Crippen LogP contribution < -0.4 is 0 Å². The normalized spacial score (nSPS) is 12.2. The molecule has 0 fully saturated rings. The molecule has 0 amide bonds. The van der Waals surface area contributed by atoms with Gasteiger partial charge in [0.1, 0.15) is 0 Å². The zero-order valence-corrected chi connectivity index (χ0v) is 37.5. The van der Waals surface area contributed by atoms with Gasteiger partial charge in [-0.15, -0.1) is 0 Å². The van der Waals surface area contributed by atoms with E-state index in [9.17, 15) is 0 Å². The summed E-state index contributed by atoms with van der Waals surface area (Å²) in [6, 6.07) is 87.1. The largest absolute Gasteiger partial charge is 0.317 e. The number of pyridine rings is 2. The molecular formula is C63H50N4. The van der Waals surface area contributed by atoms with E-state index < -0.39 is 5.41 Å². The van der Waals surface area contributed by atoms with Gasteiger partial charge in [0.05, 0.1) is 34.2 Å². The molecule has 0 bridgehead atoms. The minimum absolute atomic E-state index is 0.261. The van der Waals surface area contributed by atoms with Crippen LogP contribution in [0.5, 0.6) is 0 Å². The second-order valence-corrected chi connectivity index (χ2v) is 16.4. The summed E-state index contributed by atoms with van der Waals surface area (Å²) in [7, 11) is 0. The maximum absolute atomic E-state index is 5.50. The van der Waals surface area contributed by atoms with Crippen LogP contribution in [0.25, 0.3) is 56.2 Å². The van der Waals surface area contributed by atoms with Crippen LogP contribution in [0, 0.1) is 12.3 Å². The molecule has 4 nitrogen and oxygen atoms in total. The fourth-order valence-electron chi connectivity index (χ4n) is 9.54. The van der Waals surface area contributed by atoms with E-state index in [2.05, 4.69) is 233 Å². The Bertz CT molecular complexity index is 3220. The summed E-state index contributed by atoms with van der Waals surface area (Å²) >= 11 is 0. The molecule has 1 unspecified atom stereocenters. The third-order valence-corrected chi connectivity index (χ3v) is 12.4. The zero-order valence-electron chi connectivity index (χ0n) is 37.5. The molecular weight excluding hydrogens is 813 g/mol. The van der Waals surface area contributed by atoms with Gasteiger partial charge < -0.3 is 5.41 Å². The van der Waals surface area contributed by atoms with Gasteiger partial charge >= 0.3 is 0 Å². The summed E-state index contributed by atoms with van der Waals surface area (Å²) < 4.78 is 0. The van der Waals surface area contributed by atoms with Crippen LogP contribution in [0.2, 0.25) is 0 Å². The predicted octanol–water partition coefficient (Wildman–Crippen LogP) is 15.6. The number of fused-ring (bicyclic) bond motifs is 3. The van der Waals surface area contributed by atoms with Crippen molar-refractivity contribution >= 4 is 13.4 Å². The van der Waals surface area contributed by atoms with E-state index >= 15 is 0 Å². The molecule has 2 aromatic heterocycles. The minimum Gasteiger partial charge on any atom is -0.317 e. The van der Waals surface area contributed by atoms with Gasteiger partial charge in [-0.25, -0.2) is 9.97 Å². The summed E-state index contributed by atoms with van der Waals surface area (Å²) in [6.07, 6.45) is 0. The molecule has 67 heavy (non-hydrogen) atoms. The molecule has 0 saturated carbocycles. The number of aromatic nitrogens is 2. The average molecular weight is 863 g/mol. The van der Waals surface area contributed by atoms with Crippen molar-refractivity contribution in [1.29, 1.82) is 5.41 Å². The van der Waals surface area contributed by atoms with E-state index in [0.717, 1.165) is 56.2 Å². The molecule has 0 aliphatic heterocycles. The third kappa shape index (κ3) is 8.69. The van der Waals surface area contributed by atoms with E-state index in [0.29, 0.717) is 0 Å². The molecule has 0 spiro atoms. The van der Waals surface area contributed by atoms with Gasteiger partial charge in [-0.1, -0.05) is 218 Å². The Morgan fingerprint density at radius 3 is 1.37 bits per heavy atom. The Hall–Kier alpha value is -8.60. The van der Waals surface area contributed by atoms with Crippen LogP contribution in [0.1, 0.15) is 45.0 Å². The van der Waals surface area contributed by atoms with E-state index in [1.54, 1.807) is 0 Å². The Kier molecular flexibility index (Phi) is 13.1. The van der Waals surface area contributed by atoms with Crippen LogP contribution in [0.4, 0.5) is 0 Å². The molecule has 1 N–H and O–H groups in total. The molecule has 0 saturated heterocycles. The molecule has 4 heteroatoms. The number of rotatable bonds is 9. The smallest absolute Gasteiger partial charge is 0.0998 e. The number of nitrogens with zero attached hydrogens (tertiary/aromatic N) is 3. The van der Waals surface area contributed by atoms with Crippen molar-refractivity contribution in [3.8, 4) is 56.2 Å².